The van der Waals surface area contributed by atoms with Crippen molar-refractivity contribution in [2.75, 3.05) is 13.1 Å². The molecular weight excluding hydrogens is 257 g/mol. The Morgan fingerprint density at radius 2 is 1.89 bits per heavy atom. The van der Waals surface area contributed by atoms with E-state index >= 15 is 0 Å². The summed E-state index contributed by atoms with van der Waals surface area (Å²) < 4.78 is 38.5. The summed E-state index contributed by atoms with van der Waals surface area (Å²) in [6.07, 6.45) is -4.38. The highest BCUT2D eigenvalue weighted by Crippen LogP contribution is 2.37. The van der Waals surface area contributed by atoms with Gasteiger partial charge in [0.15, 0.2) is 0 Å². The smallest absolute Gasteiger partial charge is 0.369 e. The minimum Gasteiger partial charge on any atom is -0.369 e. The fourth-order valence-electron chi connectivity index (χ4n) is 2.48. The van der Waals surface area contributed by atoms with Crippen LogP contribution < -0.4 is 5.73 Å². The van der Waals surface area contributed by atoms with Crippen molar-refractivity contribution in [2.45, 2.75) is 12.7 Å². The molecule has 1 amide bonds. The van der Waals surface area contributed by atoms with Crippen LogP contribution in [0.2, 0.25) is 0 Å². The summed E-state index contributed by atoms with van der Waals surface area (Å²) in [5, 5.41) is 0. The van der Waals surface area contributed by atoms with E-state index in [0.717, 1.165) is 5.56 Å². The molecule has 1 saturated heterocycles. The van der Waals surface area contributed by atoms with Crippen molar-refractivity contribution in [1.29, 1.82) is 0 Å². The Morgan fingerprint density at radius 3 is 2.37 bits per heavy atom. The lowest BCUT2D eigenvalue weighted by Crippen LogP contribution is -2.37. The normalized spacial score (nSPS) is 24.6. The fraction of sp³-hybridized carbons (Fsp3) is 0.462. The Morgan fingerprint density at radius 1 is 1.26 bits per heavy atom. The van der Waals surface area contributed by atoms with Crippen LogP contribution in [0.1, 0.15) is 5.56 Å². The predicted octanol–water partition coefficient (Wildman–Crippen LogP) is 1.78. The van der Waals surface area contributed by atoms with Crippen molar-refractivity contribution in [1.82, 2.24) is 4.90 Å². The third-order valence-electron chi connectivity index (χ3n) is 3.43. The summed E-state index contributed by atoms with van der Waals surface area (Å²) in [6, 6.07) is 9.20. The van der Waals surface area contributed by atoms with E-state index < -0.39 is 23.9 Å². The lowest BCUT2D eigenvalue weighted by atomic mass is 9.95. The maximum absolute atomic E-state index is 12.8. The van der Waals surface area contributed by atoms with Crippen LogP contribution in [0, 0.1) is 11.8 Å². The summed E-state index contributed by atoms with van der Waals surface area (Å²) in [6.45, 7) is 0.289. The third-order valence-corrected chi connectivity index (χ3v) is 3.43. The highest BCUT2D eigenvalue weighted by molar-refractivity contribution is 5.77. The Hall–Kier alpha value is -1.56. The number of hydrogen-bond acceptors (Lipinski definition) is 2. The molecule has 1 aliphatic heterocycles. The van der Waals surface area contributed by atoms with E-state index in [9.17, 15) is 18.0 Å². The molecule has 1 aromatic rings. The lowest BCUT2D eigenvalue weighted by Gasteiger charge is -2.18. The van der Waals surface area contributed by atoms with Crippen molar-refractivity contribution in [2.24, 2.45) is 17.6 Å². The highest BCUT2D eigenvalue weighted by atomic mass is 19.4. The van der Waals surface area contributed by atoms with E-state index in [2.05, 4.69) is 0 Å². The Balaban J connectivity index is 2.08. The van der Waals surface area contributed by atoms with Crippen LogP contribution in [-0.2, 0) is 11.3 Å². The number of carbonyl (C=O) groups is 1. The van der Waals surface area contributed by atoms with Gasteiger partial charge in [0.1, 0.15) is 0 Å². The zero-order chi connectivity index (χ0) is 14.0. The highest BCUT2D eigenvalue weighted by Gasteiger charge is 2.51. The summed E-state index contributed by atoms with van der Waals surface area (Å²) >= 11 is 0. The number of amides is 1. The van der Waals surface area contributed by atoms with E-state index in [4.69, 9.17) is 5.73 Å². The molecule has 1 fully saturated rings. The quantitative estimate of drug-likeness (QED) is 0.911. The zero-order valence-electron chi connectivity index (χ0n) is 10.2. The maximum atomic E-state index is 12.8. The van der Waals surface area contributed by atoms with Crippen LogP contribution in [0.4, 0.5) is 13.2 Å². The minimum atomic E-state index is -4.38. The van der Waals surface area contributed by atoms with Crippen molar-refractivity contribution in [3.8, 4) is 0 Å². The summed E-state index contributed by atoms with van der Waals surface area (Å²) in [4.78, 5) is 12.8. The molecule has 19 heavy (non-hydrogen) atoms. The molecule has 6 heteroatoms. The number of nitrogens with zero attached hydrogens (tertiary/aromatic N) is 1. The van der Waals surface area contributed by atoms with Crippen LogP contribution in [0.15, 0.2) is 30.3 Å². The van der Waals surface area contributed by atoms with E-state index in [1.807, 2.05) is 30.3 Å². The monoisotopic (exact) mass is 272 g/mol. The average Bonchev–Trinajstić information content (AvgIpc) is 2.74. The zero-order valence-corrected chi connectivity index (χ0v) is 10.2. The molecule has 1 heterocycles. The topological polar surface area (TPSA) is 46.3 Å². The van der Waals surface area contributed by atoms with Gasteiger partial charge in [0.05, 0.1) is 11.8 Å². The van der Waals surface area contributed by atoms with Gasteiger partial charge in [-0.1, -0.05) is 30.3 Å². The van der Waals surface area contributed by atoms with Gasteiger partial charge < -0.3 is 5.73 Å². The molecule has 2 atom stereocenters. The first kappa shape index (κ1) is 13.9. The van der Waals surface area contributed by atoms with Gasteiger partial charge >= 0.3 is 6.18 Å². The number of carbonyl (C=O) groups excluding carboxylic acids is 1. The van der Waals surface area contributed by atoms with Gasteiger partial charge in [-0.3, -0.25) is 9.69 Å². The lowest BCUT2D eigenvalue weighted by molar-refractivity contribution is -0.182. The van der Waals surface area contributed by atoms with Gasteiger partial charge in [0.25, 0.3) is 0 Å². The molecule has 1 aliphatic rings. The first-order valence-corrected chi connectivity index (χ1v) is 6.00. The molecule has 3 nitrogen and oxygen atoms in total. The minimum absolute atomic E-state index is 0.0639. The molecule has 0 spiro atoms. The number of likely N-dealkylation sites (tertiary alicyclic amines) is 1. The first-order valence-electron chi connectivity index (χ1n) is 6.00. The van der Waals surface area contributed by atoms with Crippen molar-refractivity contribution >= 4 is 5.91 Å². The van der Waals surface area contributed by atoms with Crippen LogP contribution in [-0.4, -0.2) is 30.1 Å². The number of primary amides is 1. The van der Waals surface area contributed by atoms with Gasteiger partial charge in [0, 0.05) is 19.6 Å². The molecule has 104 valence electrons. The molecular formula is C13H15F3N2O. The van der Waals surface area contributed by atoms with Crippen molar-refractivity contribution in [3.05, 3.63) is 35.9 Å². The average molecular weight is 272 g/mol. The van der Waals surface area contributed by atoms with Crippen LogP contribution in [0.25, 0.3) is 0 Å². The first-order chi connectivity index (χ1) is 8.88. The van der Waals surface area contributed by atoms with E-state index in [1.54, 1.807) is 4.90 Å². The molecule has 2 N–H and O–H groups in total. The van der Waals surface area contributed by atoms with Crippen molar-refractivity contribution < 1.29 is 18.0 Å². The molecule has 0 unspecified atom stereocenters. The SMILES string of the molecule is NC(=O)[C@H]1CN(Cc2ccccc2)C[C@@H]1C(F)(F)F. The summed E-state index contributed by atoms with van der Waals surface area (Å²) in [5.41, 5.74) is 6.00. The van der Waals surface area contributed by atoms with E-state index in [1.165, 1.54) is 0 Å². The van der Waals surface area contributed by atoms with Gasteiger partial charge in [-0.25, -0.2) is 0 Å². The Bertz CT molecular complexity index is 447. The molecule has 0 saturated carbocycles. The second-order valence-corrected chi connectivity index (χ2v) is 4.84. The molecule has 1 aromatic carbocycles. The second kappa shape index (κ2) is 5.21. The van der Waals surface area contributed by atoms with Gasteiger partial charge in [-0.2, -0.15) is 13.2 Å². The van der Waals surface area contributed by atoms with Gasteiger partial charge in [0.2, 0.25) is 5.91 Å². The maximum Gasteiger partial charge on any atom is 0.393 e. The standard InChI is InChI=1S/C13H15F3N2O/c14-13(15,16)11-8-18(7-10(11)12(17)19)6-9-4-2-1-3-5-9/h1-5,10-11H,6-8H2,(H2,17,19)/t10-,11-/m0/s1. The van der Waals surface area contributed by atoms with Gasteiger partial charge in [-0.15, -0.1) is 0 Å². The summed E-state index contributed by atoms with van der Waals surface area (Å²) in [5.74, 6) is -3.68. The third kappa shape index (κ3) is 3.26. The van der Waals surface area contributed by atoms with Crippen LogP contribution >= 0.6 is 0 Å². The molecule has 0 bridgehead atoms. The molecule has 2 rings (SSSR count). The molecule has 0 aliphatic carbocycles. The fourth-order valence-corrected chi connectivity index (χ4v) is 2.48. The Labute approximate surface area is 109 Å². The number of hydrogen-bond donors (Lipinski definition) is 1. The number of alkyl halides is 3. The van der Waals surface area contributed by atoms with E-state index in [0.29, 0.717) is 6.54 Å². The molecule has 0 radical (unpaired) electrons. The van der Waals surface area contributed by atoms with Crippen LogP contribution in [0.3, 0.4) is 0 Å². The van der Waals surface area contributed by atoms with E-state index in [-0.39, 0.29) is 13.1 Å². The number of benzene rings is 1. The Kier molecular flexibility index (Phi) is 3.80. The number of rotatable bonds is 3. The van der Waals surface area contributed by atoms with Gasteiger partial charge in [-0.05, 0) is 5.56 Å². The molecule has 0 aromatic heterocycles. The predicted molar refractivity (Wildman–Crippen MR) is 63.9 cm³/mol. The largest absolute Gasteiger partial charge is 0.393 e. The second-order valence-electron chi connectivity index (χ2n) is 4.84. The summed E-state index contributed by atoms with van der Waals surface area (Å²) in [7, 11) is 0. The number of nitrogens with two attached hydrogens (primary N) is 1. The number of halogens is 3. The van der Waals surface area contributed by atoms with Crippen molar-refractivity contribution in [3.63, 3.8) is 0 Å². The van der Waals surface area contributed by atoms with Crippen LogP contribution in [0.5, 0.6) is 0 Å².